The van der Waals surface area contributed by atoms with Crippen molar-refractivity contribution in [3.8, 4) is 0 Å². The highest BCUT2D eigenvalue weighted by atomic mass is 16.5. The van der Waals surface area contributed by atoms with Crippen molar-refractivity contribution in [1.82, 2.24) is 5.32 Å². The van der Waals surface area contributed by atoms with Crippen LogP contribution in [0.4, 0.5) is 0 Å². The van der Waals surface area contributed by atoms with Gasteiger partial charge in [-0.15, -0.1) is 6.58 Å². The monoisotopic (exact) mass is 385 g/mol. The molecule has 150 valence electrons. The molecule has 0 heterocycles. The first kappa shape index (κ1) is 21.0. The summed E-state index contributed by atoms with van der Waals surface area (Å²) in [6, 6.07) is 31.6. The SMILES string of the molecule is C=CC(C)(C)[C@@H](N[C@@H](c1ccccc1)[C@H](OC)c1ccccc1)c1ccccc1. The van der Waals surface area contributed by atoms with Crippen LogP contribution in [0, 0.1) is 5.41 Å². The summed E-state index contributed by atoms with van der Waals surface area (Å²) in [6.07, 6.45) is 1.91. The van der Waals surface area contributed by atoms with Gasteiger partial charge in [0.05, 0.1) is 6.04 Å². The average molecular weight is 386 g/mol. The number of rotatable bonds is 9. The molecular weight excluding hydrogens is 354 g/mol. The Kier molecular flexibility index (Phi) is 7.03. The molecule has 3 atom stereocenters. The van der Waals surface area contributed by atoms with Gasteiger partial charge in [-0.25, -0.2) is 0 Å². The fraction of sp³-hybridized carbons (Fsp3) is 0.259. The molecule has 2 heteroatoms. The molecule has 2 nitrogen and oxygen atoms in total. The molecule has 0 aliphatic heterocycles. The van der Waals surface area contributed by atoms with Crippen molar-refractivity contribution < 1.29 is 4.74 Å². The summed E-state index contributed by atoms with van der Waals surface area (Å²) in [6.45, 7) is 8.55. The second-order valence-electron chi connectivity index (χ2n) is 7.99. The highest BCUT2D eigenvalue weighted by Gasteiger charge is 2.34. The maximum absolute atomic E-state index is 6.05. The largest absolute Gasteiger partial charge is 0.375 e. The molecular formula is C27H31NO. The van der Waals surface area contributed by atoms with E-state index in [2.05, 4.69) is 105 Å². The number of ether oxygens (including phenoxy) is 1. The van der Waals surface area contributed by atoms with Gasteiger partial charge in [-0.2, -0.15) is 0 Å². The third kappa shape index (κ3) is 5.03. The molecule has 3 rings (SSSR count). The summed E-state index contributed by atoms with van der Waals surface area (Å²) in [4.78, 5) is 0. The fourth-order valence-electron chi connectivity index (χ4n) is 3.81. The Morgan fingerprint density at radius 3 is 1.66 bits per heavy atom. The molecule has 0 fully saturated rings. The molecule has 0 unspecified atom stereocenters. The predicted molar refractivity (Wildman–Crippen MR) is 122 cm³/mol. The summed E-state index contributed by atoms with van der Waals surface area (Å²) in [7, 11) is 1.78. The Hall–Kier alpha value is -2.68. The second-order valence-corrected chi connectivity index (χ2v) is 7.99. The van der Waals surface area contributed by atoms with Crippen LogP contribution in [0.3, 0.4) is 0 Å². The van der Waals surface area contributed by atoms with E-state index in [0.717, 1.165) is 5.56 Å². The zero-order valence-corrected chi connectivity index (χ0v) is 17.6. The van der Waals surface area contributed by atoms with E-state index in [1.807, 2.05) is 18.2 Å². The topological polar surface area (TPSA) is 21.3 Å². The van der Waals surface area contributed by atoms with Crippen molar-refractivity contribution in [1.29, 1.82) is 0 Å². The quantitative estimate of drug-likeness (QED) is 0.416. The number of benzene rings is 3. The minimum absolute atomic E-state index is 0.0203. The fourth-order valence-corrected chi connectivity index (χ4v) is 3.81. The van der Waals surface area contributed by atoms with Gasteiger partial charge in [-0.3, -0.25) is 5.32 Å². The standard InChI is InChI=1S/C27H31NO/c1-5-27(2,3)26(23-19-13-8-14-20-23)28-24(21-15-9-6-10-16-21)25(29-4)22-17-11-7-12-18-22/h5-20,24-26,28H,1H2,2-4H3/t24-,25+,26-/m0/s1. The lowest BCUT2D eigenvalue weighted by Crippen LogP contribution is -2.38. The van der Waals surface area contributed by atoms with Crippen LogP contribution < -0.4 is 5.32 Å². The summed E-state index contributed by atoms with van der Waals surface area (Å²) in [5.41, 5.74) is 3.44. The van der Waals surface area contributed by atoms with E-state index < -0.39 is 0 Å². The molecule has 0 saturated carbocycles. The highest BCUT2D eigenvalue weighted by molar-refractivity contribution is 5.29. The van der Waals surface area contributed by atoms with Gasteiger partial charge in [-0.05, 0) is 16.7 Å². The molecule has 0 aromatic heterocycles. The van der Waals surface area contributed by atoms with Gasteiger partial charge in [0.1, 0.15) is 6.10 Å². The third-order valence-corrected chi connectivity index (χ3v) is 5.59. The van der Waals surface area contributed by atoms with Crippen LogP contribution in [-0.4, -0.2) is 7.11 Å². The van der Waals surface area contributed by atoms with Crippen molar-refractivity contribution in [3.63, 3.8) is 0 Å². The van der Waals surface area contributed by atoms with Crippen molar-refractivity contribution in [2.24, 2.45) is 5.41 Å². The zero-order valence-electron chi connectivity index (χ0n) is 17.6. The van der Waals surface area contributed by atoms with E-state index in [1.54, 1.807) is 7.11 Å². The smallest absolute Gasteiger partial charge is 0.102 e. The molecule has 1 N–H and O–H groups in total. The summed E-state index contributed by atoms with van der Waals surface area (Å²) in [5.74, 6) is 0. The van der Waals surface area contributed by atoms with E-state index in [9.17, 15) is 0 Å². The predicted octanol–water partition coefficient (Wildman–Crippen LogP) is 6.66. The molecule has 3 aromatic rings. The van der Waals surface area contributed by atoms with Crippen LogP contribution in [0.2, 0.25) is 0 Å². The lowest BCUT2D eigenvalue weighted by Gasteiger charge is -2.38. The first-order valence-electron chi connectivity index (χ1n) is 10.1. The molecule has 0 saturated heterocycles. The Labute approximate surface area is 175 Å². The van der Waals surface area contributed by atoms with Crippen molar-refractivity contribution in [3.05, 3.63) is 120 Å². The summed E-state index contributed by atoms with van der Waals surface area (Å²) in [5, 5.41) is 3.93. The number of methoxy groups -OCH3 is 1. The summed E-state index contributed by atoms with van der Waals surface area (Å²) < 4.78 is 6.05. The number of hydrogen-bond acceptors (Lipinski definition) is 2. The molecule has 0 radical (unpaired) electrons. The Balaban J connectivity index is 2.06. The molecule has 29 heavy (non-hydrogen) atoms. The summed E-state index contributed by atoms with van der Waals surface area (Å²) >= 11 is 0. The van der Waals surface area contributed by atoms with Crippen molar-refractivity contribution >= 4 is 0 Å². The average Bonchev–Trinajstić information content (AvgIpc) is 2.78. The first-order valence-corrected chi connectivity index (χ1v) is 10.1. The van der Waals surface area contributed by atoms with Crippen LogP contribution in [0.25, 0.3) is 0 Å². The molecule has 3 aromatic carbocycles. The van der Waals surface area contributed by atoms with E-state index in [-0.39, 0.29) is 23.6 Å². The van der Waals surface area contributed by atoms with Gasteiger partial charge in [0.15, 0.2) is 0 Å². The molecule has 0 aliphatic rings. The Bertz CT molecular complexity index is 874. The van der Waals surface area contributed by atoms with Crippen LogP contribution in [0.5, 0.6) is 0 Å². The van der Waals surface area contributed by atoms with Crippen LogP contribution in [-0.2, 0) is 4.74 Å². The maximum Gasteiger partial charge on any atom is 0.102 e. The molecule has 0 amide bonds. The lowest BCUT2D eigenvalue weighted by molar-refractivity contribution is 0.0570. The number of hydrogen-bond donors (Lipinski definition) is 1. The molecule has 0 aliphatic carbocycles. The van der Waals surface area contributed by atoms with Gasteiger partial charge in [0.25, 0.3) is 0 Å². The van der Waals surface area contributed by atoms with Gasteiger partial charge < -0.3 is 4.74 Å². The zero-order chi connectivity index (χ0) is 20.7. The highest BCUT2D eigenvalue weighted by Crippen LogP contribution is 2.40. The van der Waals surface area contributed by atoms with Gasteiger partial charge in [-0.1, -0.05) is 111 Å². The van der Waals surface area contributed by atoms with E-state index in [0.29, 0.717) is 0 Å². The van der Waals surface area contributed by atoms with Crippen LogP contribution >= 0.6 is 0 Å². The van der Waals surface area contributed by atoms with E-state index in [4.69, 9.17) is 4.74 Å². The van der Waals surface area contributed by atoms with Crippen LogP contribution in [0.15, 0.2) is 104 Å². The lowest BCUT2D eigenvalue weighted by atomic mass is 9.79. The maximum atomic E-state index is 6.05. The van der Waals surface area contributed by atoms with E-state index in [1.165, 1.54) is 11.1 Å². The normalized spacial score (nSPS) is 14.7. The Morgan fingerprint density at radius 2 is 1.21 bits per heavy atom. The minimum Gasteiger partial charge on any atom is -0.375 e. The second kappa shape index (κ2) is 9.69. The van der Waals surface area contributed by atoms with E-state index >= 15 is 0 Å². The van der Waals surface area contributed by atoms with Gasteiger partial charge in [0.2, 0.25) is 0 Å². The molecule has 0 bridgehead atoms. The van der Waals surface area contributed by atoms with Gasteiger partial charge in [0, 0.05) is 18.6 Å². The Morgan fingerprint density at radius 1 is 0.759 bits per heavy atom. The van der Waals surface area contributed by atoms with Gasteiger partial charge >= 0.3 is 0 Å². The minimum atomic E-state index is -0.149. The number of nitrogens with one attached hydrogen (secondary N) is 1. The van der Waals surface area contributed by atoms with Crippen molar-refractivity contribution in [2.45, 2.75) is 32.0 Å². The van der Waals surface area contributed by atoms with Crippen LogP contribution in [0.1, 0.15) is 48.7 Å². The third-order valence-electron chi connectivity index (χ3n) is 5.59. The van der Waals surface area contributed by atoms with Crippen molar-refractivity contribution in [2.75, 3.05) is 7.11 Å². The first-order chi connectivity index (χ1) is 14.1. The molecule has 0 spiro atoms.